The molecule has 2 atom stereocenters. The summed E-state index contributed by atoms with van der Waals surface area (Å²) >= 11 is 0. The molecule has 0 amide bonds. The van der Waals surface area contributed by atoms with E-state index < -0.39 is 0 Å². The molecule has 0 aromatic rings. The quantitative estimate of drug-likeness (QED) is 0.614. The van der Waals surface area contributed by atoms with Crippen LogP contribution in [0, 0.1) is 5.92 Å². The molecule has 2 saturated heterocycles. The van der Waals surface area contributed by atoms with E-state index in [1.807, 2.05) is 6.92 Å². The summed E-state index contributed by atoms with van der Waals surface area (Å²) in [5.74, 6) is 0.0373. The molecule has 1 unspecified atom stereocenters. The third kappa shape index (κ3) is 5.18. The van der Waals surface area contributed by atoms with Crippen LogP contribution in [-0.2, 0) is 19.0 Å². The van der Waals surface area contributed by atoms with Crippen molar-refractivity contribution in [1.29, 1.82) is 0 Å². The highest BCUT2D eigenvalue weighted by molar-refractivity contribution is 5.72. The molecule has 0 N–H and O–H groups in total. The summed E-state index contributed by atoms with van der Waals surface area (Å²) < 4.78 is 17.6. The number of esters is 1. The standard InChI is InChI=1S/C20H36N2O4/c1-3-24-18-11-14-22(15-18)20(21-12-5-6-13-21)26-17-9-7-16(8-10-17)19(23)25-4-2/h16-18,20H,3-15H2,1-2H3/t16?,17?,18-,20?/m0/s1. The minimum Gasteiger partial charge on any atom is -0.466 e. The predicted molar refractivity (Wildman–Crippen MR) is 99.7 cm³/mol. The van der Waals surface area contributed by atoms with Crippen molar-refractivity contribution in [3.63, 3.8) is 0 Å². The number of carbonyl (C=O) groups excluding carboxylic acids is 1. The lowest BCUT2D eigenvalue weighted by Crippen LogP contribution is -2.50. The molecule has 3 rings (SSSR count). The number of carbonyl (C=O) groups is 1. The number of likely N-dealkylation sites (tertiary alicyclic amines) is 2. The SMILES string of the molecule is CCOC(=O)C1CCC(OC(N2CCCC2)N2CC[C@H](OCC)C2)CC1. The van der Waals surface area contributed by atoms with Gasteiger partial charge in [0.2, 0.25) is 0 Å². The average molecular weight is 369 g/mol. The van der Waals surface area contributed by atoms with Crippen molar-refractivity contribution in [2.45, 2.75) is 77.4 Å². The summed E-state index contributed by atoms with van der Waals surface area (Å²) in [5.41, 5.74) is 0. The molecule has 3 aliphatic rings. The Morgan fingerprint density at radius 2 is 1.65 bits per heavy atom. The molecule has 3 fully saturated rings. The van der Waals surface area contributed by atoms with Gasteiger partial charge in [-0.05, 0) is 58.8 Å². The Balaban J connectivity index is 1.53. The highest BCUT2D eigenvalue weighted by atomic mass is 16.5. The van der Waals surface area contributed by atoms with Gasteiger partial charge >= 0.3 is 5.97 Å². The third-order valence-corrected chi connectivity index (χ3v) is 5.95. The zero-order valence-corrected chi connectivity index (χ0v) is 16.5. The maximum Gasteiger partial charge on any atom is 0.308 e. The van der Waals surface area contributed by atoms with E-state index >= 15 is 0 Å². The number of rotatable bonds is 8. The largest absolute Gasteiger partial charge is 0.466 e. The molecular formula is C20H36N2O4. The maximum absolute atomic E-state index is 11.9. The van der Waals surface area contributed by atoms with E-state index in [4.69, 9.17) is 14.2 Å². The first-order chi connectivity index (χ1) is 12.7. The highest BCUT2D eigenvalue weighted by Gasteiger charge is 2.37. The summed E-state index contributed by atoms with van der Waals surface area (Å²) in [7, 11) is 0. The summed E-state index contributed by atoms with van der Waals surface area (Å²) in [5, 5.41) is 0. The molecule has 0 spiro atoms. The van der Waals surface area contributed by atoms with E-state index in [1.54, 1.807) is 0 Å². The van der Waals surface area contributed by atoms with Gasteiger partial charge < -0.3 is 14.2 Å². The number of ether oxygens (including phenoxy) is 3. The van der Waals surface area contributed by atoms with Crippen LogP contribution in [0.1, 0.15) is 58.8 Å². The van der Waals surface area contributed by atoms with Gasteiger partial charge in [-0.2, -0.15) is 0 Å². The first kappa shape index (κ1) is 20.1. The summed E-state index contributed by atoms with van der Waals surface area (Å²) in [6, 6.07) is 0. The van der Waals surface area contributed by atoms with Gasteiger partial charge in [-0.25, -0.2) is 0 Å². The zero-order valence-electron chi connectivity index (χ0n) is 16.5. The molecule has 6 nitrogen and oxygen atoms in total. The zero-order chi connectivity index (χ0) is 18.4. The van der Waals surface area contributed by atoms with E-state index in [2.05, 4.69) is 16.7 Å². The summed E-state index contributed by atoms with van der Waals surface area (Å²) in [6.45, 7) is 9.46. The molecule has 2 heterocycles. The van der Waals surface area contributed by atoms with Gasteiger partial charge in [0.15, 0.2) is 6.35 Å². The Bertz CT molecular complexity index is 434. The first-order valence-electron chi connectivity index (χ1n) is 10.6. The second-order valence-corrected chi connectivity index (χ2v) is 7.79. The molecule has 0 radical (unpaired) electrons. The molecule has 0 bridgehead atoms. The lowest BCUT2D eigenvalue weighted by atomic mass is 9.87. The van der Waals surface area contributed by atoms with E-state index in [-0.39, 0.29) is 24.3 Å². The van der Waals surface area contributed by atoms with Gasteiger partial charge in [0.05, 0.1) is 24.7 Å². The number of nitrogens with zero attached hydrogens (tertiary/aromatic N) is 2. The molecule has 26 heavy (non-hydrogen) atoms. The Hall–Kier alpha value is -0.690. The summed E-state index contributed by atoms with van der Waals surface area (Å²) in [6.07, 6.45) is 7.97. The van der Waals surface area contributed by atoms with Crippen LogP contribution in [0.3, 0.4) is 0 Å². The first-order valence-corrected chi connectivity index (χ1v) is 10.6. The highest BCUT2D eigenvalue weighted by Crippen LogP contribution is 2.30. The molecule has 1 aliphatic carbocycles. The van der Waals surface area contributed by atoms with Crippen LogP contribution in [0.2, 0.25) is 0 Å². The van der Waals surface area contributed by atoms with Gasteiger partial charge in [0.25, 0.3) is 0 Å². The average Bonchev–Trinajstić information content (AvgIpc) is 3.33. The van der Waals surface area contributed by atoms with E-state index in [1.165, 1.54) is 12.8 Å². The van der Waals surface area contributed by atoms with Crippen LogP contribution in [0.15, 0.2) is 0 Å². The third-order valence-electron chi connectivity index (χ3n) is 5.95. The van der Waals surface area contributed by atoms with Crippen LogP contribution in [0.4, 0.5) is 0 Å². The van der Waals surface area contributed by atoms with Gasteiger partial charge in [-0.15, -0.1) is 0 Å². The van der Waals surface area contributed by atoms with Crippen molar-refractivity contribution < 1.29 is 19.0 Å². The van der Waals surface area contributed by atoms with Crippen LogP contribution < -0.4 is 0 Å². The number of hydrogen-bond acceptors (Lipinski definition) is 6. The summed E-state index contributed by atoms with van der Waals surface area (Å²) in [4.78, 5) is 16.9. The molecule has 0 aromatic heterocycles. The molecule has 0 aromatic carbocycles. The predicted octanol–water partition coefficient (Wildman–Crippen LogP) is 2.62. The van der Waals surface area contributed by atoms with Crippen LogP contribution in [-0.4, -0.2) is 73.7 Å². The number of hydrogen-bond donors (Lipinski definition) is 0. The fourth-order valence-electron chi connectivity index (χ4n) is 4.56. The molecule has 2 aliphatic heterocycles. The van der Waals surface area contributed by atoms with Gasteiger partial charge in [0.1, 0.15) is 0 Å². The van der Waals surface area contributed by atoms with Crippen LogP contribution in [0.5, 0.6) is 0 Å². The maximum atomic E-state index is 11.9. The second kappa shape index (κ2) is 10.0. The Labute approximate surface area is 158 Å². The molecule has 1 saturated carbocycles. The topological polar surface area (TPSA) is 51.2 Å². The molecule has 6 heteroatoms. The van der Waals surface area contributed by atoms with E-state index in [0.717, 1.165) is 64.9 Å². The van der Waals surface area contributed by atoms with Gasteiger partial charge in [0, 0.05) is 32.8 Å². The Morgan fingerprint density at radius 3 is 2.31 bits per heavy atom. The monoisotopic (exact) mass is 368 g/mol. The van der Waals surface area contributed by atoms with Crippen molar-refractivity contribution in [2.75, 3.05) is 39.4 Å². The van der Waals surface area contributed by atoms with E-state index in [9.17, 15) is 4.79 Å². The van der Waals surface area contributed by atoms with Crippen molar-refractivity contribution in [1.82, 2.24) is 9.80 Å². The fraction of sp³-hybridized carbons (Fsp3) is 0.950. The second-order valence-electron chi connectivity index (χ2n) is 7.79. The molecular weight excluding hydrogens is 332 g/mol. The van der Waals surface area contributed by atoms with Gasteiger partial charge in [-0.3, -0.25) is 14.6 Å². The van der Waals surface area contributed by atoms with Gasteiger partial charge in [-0.1, -0.05) is 0 Å². The smallest absolute Gasteiger partial charge is 0.308 e. The molecule has 150 valence electrons. The van der Waals surface area contributed by atoms with Crippen LogP contribution in [0.25, 0.3) is 0 Å². The minimum absolute atomic E-state index is 0.0267. The fourth-order valence-corrected chi connectivity index (χ4v) is 4.56. The lowest BCUT2D eigenvalue weighted by Gasteiger charge is -2.39. The van der Waals surface area contributed by atoms with Crippen molar-refractivity contribution >= 4 is 5.97 Å². The van der Waals surface area contributed by atoms with Crippen molar-refractivity contribution in [2.24, 2.45) is 5.92 Å². The van der Waals surface area contributed by atoms with Crippen molar-refractivity contribution in [3.05, 3.63) is 0 Å². The van der Waals surface area contributed by atoms with E-state index in [0.29, 0.717) is 12.7 Å². The Kier molecular flexibility index (Phi) is 7.73. The minimum atomic E-state index is -0.0267. The van der Waals surface area contributed by atoms with Crippen LogP contribution >= 0.6 is 0 Å². The van der Waals surface area contributed by atoms with Crippen molar-refractivity contribution in [3.8, 4) is 0 Å². The normalized spacial score (nSPS) is 32.0. The lowest BCUT2D eigenvalue weighted by molar-refractivity contribution is -0.181. The Morgan fingerprint density at radius 1 is 0.923 bits per heavy atom.